The van der Waals surface area contributed by atoms with Crippen molar-refractivity contribution in [2.45, 2.75) is 6.54 Å². The fourth-order valence-electron chi connectivity index (χ4n) is 1.69. The van der Waals surface area contributed by atoms with Crippen molar-refractivity contribution >= 4 is 5.91 Å². The molecule has 1 amide bonds. The van der Waals surface area contributed by atoms with E-state index in [1.54, 1.807) is 29.1 Å². The van der Waals surface area contributed by atoms with Gasteiger partial charge in [0.1, 0.15) is 6.07 Å². The number of imidazole rings is 1. The lowest BCUT2D eigenvalue weighted by Crippen LogP contribution is -2.31. The molecule has 0 unspecified atom stereocenters. The number of nitrogens with one attached hydrogen (secondary N) is 1. The highest BCUT2D eigenvalue weighted by molar-refractivity contribution is 5.95. The van der Waals surface area contributed by atoms with E-state index in [2.05, 4.69) is 10.4 Å². The van der Waals surface area contributed by atoms with Crippen LogP contribution in [0.25, 0.3) is 0 Å². The van der Waals surface area contributed by atoms with Crippen LogP contribution in [0.3, 0.4) is 0 Å². The van der Waals surface area contributed by atoms with Gasteiger partial charge in [0, 0.05) is 18.0 Å². The molecule has 0 aliphatic rings. The summed E-state index contributed by atoms with van der Waals surface area (Å²) in [6.45, 7) is 0.395. The van der Waals surface area contributed by atoms with Gasteiger partial charge in [0.15, 0.2) is 0 Å². The zero-order valence-electron chi connectivity index (χ0n) is 9.50. The van der Waals surface area contributed by atoms with Gasteiger partial charge in [-0.1, -0.05) is 18.2 Å². The Bertz CT molecular complexity index is 611. The number of nitrogens with zero attached hydrogens (tertiary/aromatic N) is 3. The number of benzene rings is 1. The van der Waals surface area contributed by atoms with Crippen LogP contribution in [0, 0.1) is 11.3 Å². The molecular formula is C12H11N5O. The highest BCUT2D eigenvalue weighted by Gasteiger charge is 2.11. The van der Waals surface area contributed by atoms with Gasteiger partial charge < -0.3 is 4.57 Å². The van der Waals surface area contributed by atoms with E-state index in [1.165, 1.54) is 0 Å². The topological polar surface area (TPSA) is 96.7 Å². The van der Waals surface area contributed by atoms with E-state index in [0.29, 0.717) is 17.9 Å². The van der Waals surface area contributed by atoms with E-state index in [1.807, 2.05) is 18.2 Å². The molecule has 90 valence electrons. The fraction of sp³-hybridized carbons (Fsp3) is 0.0833. The Kier molecular flexibility index (Phi) is 3.36. The van der Waals surface area contributed by atoms with Gasteiger partial charge >= 0.3 is 0 Å². The second-order valence-corrected chi connectivity index (χ2v) is 3.62. The molecule has 0 saturated carbocycles. The first-order chi connectivity index (χ1) is 8.76. The molecule has 1 aromatic heterocycles. The van der Waals surface area contributed by atoms with Crippen LogP contribution >= 0.6 is 0 Å². The van der Waals surface area contributed by atoms with Crippen molar-refractivity contribution in [3.05, 3.63) is 53.6 Å². The number of hydrogen-bond donors (Lipinski definition) is 2. The first-order valence-electron chi connectivity index (χ1n) is 5.26. The number of carbonyl (C=O) groups is 1. The molecule has 0 fully saturated rings. The zero-order chi connectivity index (χ0) is 13.0. The number of amides is 1. The summed E-state index contributed by atoms with van der Waals surface area (Å²) >= 11 is 0. The molecule has 2 aromatic rings. The van der Waals surface area contributed by atoms with Gasteiger partial charge in [-0.25, -0.2) is 10.8 Å². The first kappa shape index (κ1) is 11.8. The fourth-order valence-corrected chi connectivity index (χ4v) is 1.69. The number of hydrogen-bond acceptors (Lipinski definition) is 4. The largest absolute Gasteiger partial charge is 0.318 e. The average Bonchev–Trinajstić information content (AvgIpc) is 2.86. The maximum atomic E-state index is 11.6. The third-order valence-corrected chi connectivity index (χ3v) is 2.55. The summed E-state index contributed by atoms with van der Waals surface area (Å²) in [6.07, 6.45) is 3.24. The van der Waals surface area contributed by atoms with Gasteiger partial charge in [-0.15, -0.1) is 0 Å². The van der Waals surface area contributed by atoms with Crippen LogP contribution in [-0.2, 0) is 6.54 Å². The summed E-state index contributed by atoms with van der Waals surface area (Å²) in [5.74, 6) is 5.08. The maximum absolute atomic E-state index is 11.6. The van der Waals surface area contributed by atoms with Gasteiger partial charge in [0.25, 0.3) is 5.91 Å². The average molecular weight is 241 g/mol. The van der Waals surface area contributed by atoms with Crippen LogP contribution in [0.15, 0.2) is 36.7 Å². The van der Waals surface area contributed by atoms with Crippen molar-refractivity contribution in [1.82, 2.24) is 15.0 Å². The second-order valence-electron chi connectivity index (χ2n) is 3.62. The molecule has 0 spiro atoms. The Labute approximate surface area is 104 Å². The lowest BCUT2D eigenvalue weighted by atomic mass is 10.1. The molecule has 3 N–H and O–H groups in total. The van der Waals surface area contributed by atoms with E-state index >= 15 is 0 Å². The number of hydrazine groups is 1. The van der Waals surface area contributed by atoms with Gasteiger partial charge in [-0.2, -0.15) is 5.26 Å². The lowest BCUT2D eigenvalue weighted by Gasteiger charge is -2.09. The first-order valence-corrected chi connectivity index (χ1v) is 5.26. The van der Waals surface area contributed by atoms with Gasteiger partial charge in [0.05, 0.1) is 6.54 Å². The minimum Gasteiger partial charge on any atom is -0.318 e. The van der Waals surface area contributed by atoms with E-state index in [9.17, 15) is 4.79 Å². The summed E-state index contributed by atoms with van der Waals surface area (Å²) in [4.78, 5) is 15.5. The molecule has 1 heterocycles. The summed E-state index contributed by atoms with van der Waals surface area (Å²) < 4.78 is 1.67. The number of nitrogen functional groups attached to an aromatic ring is 1. The number of nitriles is 1. The van der Waals surface area contributed by atoms with Crippen molar-refractivity contribution in [2.75, 3.05) is 0 Å². The SMILES string of the molecule is N#Cc1nccn1Cc1ccccc1C(=O)NN. The van der Waals surface area contributed by atoms with E-state index < -0.39 is 0 Å². The zero-order valence-corrected chi connectivity index (χ0v) is 9.50. The van der Waals surface area contributed by atoms with Crippen LogP contribution in [-0.4, -0.2) is 15.5 Å². The van der Waals surface area contributed by atoms with Crippen LogP contribution in [0.5, 0.6) is 0 Å². The van der Waals surface area contributed by atoms with Crippen molar-refractivity contribution in [1.29, 1.82) is 5.26 Å². The summed E-state index contributed by atoms with van der Waals surface area (Å²) in [5.41, 5.74) is 3.36. The normalized spacial score (nSPS) is 9.78. The van der Waals surface area contributed by atoms with Crippen molar-refractivity contribution in [2.24, 2.45) is 5.84 Å². The van der Waals surface area contributed by atoms with Gasteiger partial charge in [-0.3, -0.25) is 10.2 Å². The Morgan fingerprint density at radius 2 is 2.28 bits per heavy atom. The standard InChI is InChI=1S/C12H11N5O/c13-7-11-15-5-6-17(11)8-9-3-1-2-4-10(9)12(18)16-14/h1-6H,8,14H2,(H,16,18). The van der Waals surface area contributed by atoms with Crippen molar-refractivity contribution < 1.29 is 4.79 Å². The van der Waals surface area contributed by atoms with E-state index in [4.69, 9.17) is 11.1 Å². The predicted molar refractivity (Wildman–Crippen MR) is 64.1 cm³/mol. The maximum Gasteiger partial charge on any atom is 0.265 e. The minimum absolute atomic E-state index is 0.304. The molecule has 6 heteroatoms. The molecule has 0 saturated heterocycles. The third-order valence-electron chi connectivity index (χ3n) is 2.55. The summed E-state index contributed by atoms with van der Waals surface area (Å²) in [6, 6.07) is 9.06. The molecule has 6 nitrogen and oxygen atoms in total. The Balaban J connectivity index is 2.35. The monoisotopic (exact) mass is 241 g/mol. The number of aromatic nitrogens is 2. The molecule has 18 heavy (non-hydrogen) atoms. The predicted octanol–water partition coefficient (Wildman–Crippen LogP) is 0.407. The Morgan fingerprint density at radius 3 is 3.00 bits per heavy atom. The molecule has 0 radical (unpaired) electrons. The number of nitrogens with two attached hydrogens (primary N) is 1. The lowest BCUT2D eigenvalue weighted by molar-refractivity contribution is 0.0952. The van der Waals surface area contributed by atoms with Crippen molar-refractivity contribution in [3.8, 4) is 6.07 Å². The molecule has 2 rings (SSSR count). The quantitative estimate of drug-likeness (QED) is 0.462. The molecule has 0 atom stereocenters. The molecule has 0 aliphatic heterocycles. The summed E-state index contributed by atoms with van der Waals surface area (Å²) in [7, 11) is 0. The molecule has 0 bridgehead atoms. The van der Waals surface area contributed by atoms with E-state index in [-0.39, 0.29) is 5.91 Å². The highest BCUT2D eigenvalue weighted by atomic mass is 16.2. The molecule has 0 aliphatic carbocycles. The van der Waals surface area contributed by atoms with Crippen LogP contribution in [0.2, 0.25) is 0 Å². The highest BCUT2D eigenvalue weighted by Crippen LogP contribution is 2.11. The second kappa shape index (κ2) is 5.12. The van der Waals surface area contributed by atoms with Crippen LogP contribution < -0.4 is 11.3 Å². The number of rotatable bonds is 3. The number of carbonyl (C=O) groups excluding carboxylic acids is 1. The van der Waals surface area contributed by atoms with Gasteiger partial charge in [-0.05, 0) is 11.6 Å². The summed E-state index contributed by atoms with van der Waals surface area (Å²) in [5, 5.41) is 8.88. The molecule has 1 aromatic carbocycles. The molecular weight excluding hydrogens is 230 g/mol. The van der Waals surface area contributed by atoms with Gasteiger partial charge in [0.2, 0.25) is 5.82 Å². The third kappa shape index (κ3) is 2.21. The smallest absolute Gasteiger partial charge is 0.265 e. The van der Waals surface area contributed by atoms with Crippen LogP contribution in [0.4, 0.5) is 0 Å². The Morgan fingerprint density at radius 1 is 1.50 bits per heavy atom. The minimum atomic E-state index is -0.357. The Hall–Kier alpha value is -2.65. The van der Waals surface area contributed by atoms with Crippen molar-refractivity contribution in [3.63, 3.8) is 0 Å². The van der Waals surface area contributed by atoms with Crippen LogP contribution in [0.1, 0.15) is 21.7 Å². The van der Waals surface area contributed by atoms with E-state index in [0.717, 1.165) is 5.56 Å².